The molecule has 0 atom stereocenters. The molecule has 0 spiro atoms. The van der Waals surface area contributed by atoms with E-state index in [1.807, 2.05) is 18.3 Å². The Kier molecular flexibility index (Phi) is 2.72. The zero-order chi connectivity index (χ0) is 13.2. The van der Waals surface area contributed by atoms with E-state index in [1.54, 1.807) is 18.3 Å². The third-order valence-electron chi connectivity index (χ3n) is 2.92. The first-order chi connectivity index (χ1) is 9.29. The highest BCUT2D eigenvalue weighted by Gasteiger charge is 2.09. The van der Waals surface area contributed by atoms with Gasteiger partial charge in [0, 0.05) is 29.5 Å². The molecule has 0 radical (unpaired) electrons. The number of pyridine rings is 2. The van der Waals surface area contributed by atoms with Gasteiger partial charge in [0.2, 0.25) is 0 Å². The molecule has 19 heavy (non-hydrogen) atoms. The van der Waals surface area contributed by atoms with Crippen LogP contribution >= 0.6 is 0 Å². The summed E-state index contributed by atoms with van der Waals surface area (Å²) in [5.74, 6) is -0.388. The Bertz CT molecular complexity index is 732. The highest BCUT2D eigenvalue weighted by molar-refractivity contribution is 5.93. The maximum Gasteiger partial charge on any atom is 0.339 e. The monoisotopic (exact) mass is 253 g/mol. The van der Waals surface area contributed by atoms with Crippen LogP contribution in [0.5, 0.6) is 0 Å². The Morgan fingerprint density at radius 1 is 1.21 bits per heavy atom. The molecule has 3 rings (SSSR count). The summed E-state index contributed by atoms with van der Waals surface area (Å²) in [4.78, 5) is 22.9. The molecule has 5 nitrogen and oxygen atoms in total. The summed E-state index contributed by atoms with van der Waals surface area (Å²) in [7, 11) is 1.35. The highest BCUT2D eigenvalue weighted by Crippen LogP contribution is 2.25. The molecule has 0 bridgehead atoms. The number of nitrogens with one attached hydrogen (secondary N) is 1. The number of esters is 1. The van der Waals surface area contributed by atoms with Crippen molar-refractivity contribution < 1.29 is 9.53 Å². The van der Waals surface area contributed by atoms with Crippen molar-refractivity contribution in [2.75, 3.05) is 7.11 Å². The third-order valence-corrected chi connectivity index (χ3v) is 2.92. The molecule has 3 aromatic heterocycles. The molecule has 3 heterocycles. The molecular weight excluding hydrogens is 242 g/mol. The van der Waals surface area contributed by atoms with Crippen molar-refractivity contribution in [2.24, 2.45) is 0 Å². The number of carbonyl (C=O) groups excluding carboxylic acids is 1. The van der Waals surface area contributed by atoms with Gasteiger partial charge in [-0.1, -0.05) is 0 Å². The summed E-state index contributed by atoms with van der Waals surface area (Å²) in [6.45, 7) is 0. The second kappa shape index (κ2) is 4.53. The number of hydrogen-bond donors (Lipinski definition) is 1. The lowest BCUT2D eigenvalue weighted by Crippen LogP contribution is -2.01. The molecule has 0 saturated carbocycles. The van der Waals surface area contributed by atoms with Gasteiger partial charge in [0.15, 0.2) is 0 Å². The number of carbonyl (C=O) groups is 1. The van der Waals surface area contributed by atoms with E-state index in [0.29, 0.717) is 5.56 Å². The molecule has 94 valence electrons. The van der Waals surface area contributed by atoms with Crippen LogP contribution < -0.4 is 0 Å². The third kappa shape index (κ3) is 1.95. The number of ether oxygens (including phenoxy) is 1. The van der Waals surface area contributed by atoms with Gasteiger partial charge in [0.25, 0.3) is 0 Å². The van der Waals surface area contributed by atoms with Crippen molar-refractivity contribution in [3.8, 4) is 11.3 Å². The van der Waals surface area contributed by atoms with Crippen molar-refractivity contribution in [2.45, 2.75) is 0 Å². The van der Waals surface area contributed by atoms with E-state index < -0.39 is 0 Å². The van der Waals surface area contributed by atoms with Crippen LogP contribution in [0.4, 0.5) is 0 Å². The minimum atomic E-state index is -0.388. The fourth-order valence-corrected chi connectivity index (χ4v) is 1.98. The molecule has 0 fully saturated rings. The van der Waals surface area contributed by atoms with Crippen LogP contribution in [-0.4, -0.2) is 28.0 Å². The summed E-state index contributed by atoms with van der Waals surface area (Å²) in [6.07, 6.45) is 5.08. The lowest BCUT2D eigenvalue weighted by molar-refractivity contribution is 0.0600. The van der Waals surface area contributed by atoms with Crippen LogP contribution in [0.1, 0.15) is 10.4 Å². The predicted molar refractivity (Wildman–Crippen MR) is 70.7 cm³/mol. The van der Waals surface area contributed by atoms with E-state index in [9.17, 15) is 4.79 Å². The molecule has 5 heteroatoms. The molecule has 0 aliphatic rings. The molecule has 3 aromatic rings. The second-order valence-electron chi connectivity index (χ2n) is 4.02. The summed E-state index contributed by atoms with van der Waals surface area (Å²) in [6, 6.07) is 7.35. The molecule has 0 aliphatic heterocycles. The number of aromatic nitrogens is 3. The average Bonchev–Trinajstić information content (AvgIpc) is 2.95. The fraction of sp³-hybridized carbons (Fsp3) is 0.0714. The Labute approximate surface area is 109 Å². The minimum absolute atomic E-state index is 0.388. The van der Waals surface area contributed by atoms with Gasteiger partial charge in [-0.3, -0.25) is 4.98 Å². The Hall–Kier alpha value is -2.69. The Morgan fingerprint density at radius 3 is 2.84 bits per heavy atom. The zero-order valence-corrected chi connectivity index (χ0v) is 10.3. The number of nitrogens with zero attached hydrogens (tertiary/aromatic N) is 2. The van der Waals surface area contributed by atoms with Gasteiger partial charge >= 0.3 is 5.97 Å². The van der Waals surface area contributed by atoms with Crippen molar-refractivity contribution in [3.05, 3.63) is 48.4 Å². The molecule has 0 aliphatic carbocycles. The van der Waals surface area contributed by atoms with Crippen LogP contribution in [0, 0.1) is 0 Å². The minimum Gasteiger partial charge on any atom is -0.465 e. The van der Waals surface area contributed by atoms with Crippen molar-refractivity contribution >= 4 is 17.0 Å². The van der Waals surface area contributed by atoms with Crippen molar-refractivity contribution in [1.82, 2.24) is 15.0 Å². The maximum absolute atomic E-state index is 11.4. The predicted octanol–water partition coefficient (Wildman–Crippen LogP) is 2.41. The van der Waals surface area contributed by atoms with Crippen LogP contribution in [0.15, 0.2) is 42.9 Å². The van der Waals surface area contributed by atoms with E-state index >= 15 is 0 Å². The number of rotatable bonds is 2. The topological polar surface area (TPSA) is 67.9 Å². The zero-order valence-electron chi connectivity index (χ0n) is 10.3. The summed E-state index contributed by atoms with van der Waals surface area (Å²) < 4.78 is 4.65. The first-order valence-corrected chi connectivity index (χ1v) is 5.76. The number of H-pyrrole nitrogens is 1. The normalized spacial score (nSPS) is 10.6. The van der Waals surface area contributed by atoms with Gasteiger partial charge in [-0.2, -0.15) is 0 Å². The Morgan fingerprint density at radius 2 is 2.11 bits per heavy atom. The summed E-state index contributed by atoms with van der Waals surface area (Å²) in [5, 5.41) is 1.00. The van der Waals surface area contributed by atoms with E-state index in [1.165, 1.54) is 13.3 Å². The van der Waals surface area contributed by atoms with Gasteiger partial charge in [0.1, 0.15) is 5.65 Å². The summed E-state index contributed by atoms with van der Waals surface area (Å²) >= 11 is 0. The fourth-order valence-electron chi connectivity index (χ4n) is 1.98. The lowest BCUT2D eigenvalue weighted by atomic mass is 10.1. The van der Waals surface area contributed by atoms with Gasteiger partial charge in [0.05, 0.1) is 18.4 Å². The Balaban J connectivity index is 2.07. The first kappa shape index (κ1) is 11.4. The SMILES string of the molecule is COC(=O)c1ccc(-c2ccnc3[nH]ccc23)nc1. The molecule has 1 N–H and O–H groups in total. The summed E-state index contributed by atoms with van der Waals surface area (Å²) in [5.41, 5.74) is 3.02. The van der Waals surface area contributed by atoms with Crippen LogP contribution in [-0.2, 0) is 4.74 Å². The smallest absolute Gasteiger partial charge is 0.339 e. The number of fused-ring (bicyclic) bond motifs is 1. The standard InChI is InChI=1S/C14H11N3O2/c1-19-14(18)9-2-3-12(17-8-9)10-4-6-15-13-11(10)5-7-16-13/h2-8H,1H3,(H,15,16). The van der Waals surface area contributed by atoms with E-state index in [2.05, 4.69) is 19.7 Å². The number of hydrogen-bond acceptors (Lipinski definition) is 4. The molecule has 0 unspecified atom stereocenters. The quantitative estimate of drug-likeness (QED) is 0.712. The molecular formula is C14H11N3O2. The number of aromatic amines is 1. The van der Waals surface area contributed by atoms with Crippen LogP contribution in [0.2, 0.25) is 0 Å². The first-order valence-electron chi connectivity index (χ1n) is 5.76. The molecule has 0 aromatic carbocycles. The van der Waals surface area contributed by atoms with Gasteiger partial charge in [-0.05, 0) is 24.3 Å². The van der Waals surface area contributed by atoms with Crippen molar-refractivity contribution in [3.63, 3.8) is 0 Å². The van der Waals surface area contributed by atoms with Crippen molar-refractivity contribution in [1.29, 1.82) is 0 Å². The molecule has 0 saturated heterocycles. The van der Waals surface area contributed by atoms with E-state index in [4.69, 9.17) is 0 Å². The maximum atomic E-state index is 11.4. The van der Waals surface area contributed by atoms with E-state index in [-0.39, 0.29) is 5.97 Å². The van der Waals surface area contributed by atoms with Gasteiger partial charge in [-0.25, -0.2) is 9.78 Å². The van der Waals surface area contributed by atoms with Gasteiger partial charge < -0.3 is 9.72 Å². The van der Waals surface area contributed by atoms with Crippen LogP contribution in [0.3, 0.4) is 0 Å². The van der Waals surface area contributed by atoms with Crippen LogP contribution in [0.25, 0.3) is 22.3 Å². The average molecular weight is 253 g/mol. The van der Waals surface area contributed by atoms with Gasteiger partial charge in [-0.15, -0.1) is 0 Å². The van der Waals surface area contributed by atoms with E-state index in [0.717, 1.165) is 22.3 Å². The molecule has 0 amide bonds. The lowest BCUT2D eigenvalue weighted by Gasteiger charge is -2.03. The highest BCUT2D eigenvalue weighted by atomic mass is 16.5. The number of methoxy groups -OCH3 is 1. The largest absolute Gasteiger partial charge is 0.465 e. The second-order valence-corrected chi connectivity index (χ2v) is 4.02.